The predicted octanol–water partition coefficient (Wildman–Crippen LogP) is 2.26. The van der Waals surface area contributed by atoms with Gasteiger partial charge in [0.25, 0.3) is 0 Å². The summed E-state index contributed by atoms with van der Waals surface area (Å²) < 4.78 is 0. The minimum absolute atomic E-state index is 0.228. The van der Waals surface area contributed by atoms with Gasteiger partial charge >= 0.3 is 0 Å². The summed E-state index contributed by atoms with van der Waals surface area (Å²) in [5.74, 6) is 3.40. The van der Waals surface area contributed by atoms with Gasteiger partial charge in [-0.05, 0) is 30.2 Å². The topological polar surface area (TPSA) is 62.7 Å². The van der Waals surface area contributed by atoms with Gasteiger partial charge in [-0.3, -0.25) is 0 Å². The summed E-state index contributed by atoms with van der Waals surface area (Å²) in [5.41, 5.74) is 0. The Balaban J connectivity index is 2.02. The fraction of sp³-hybridized carbons (Fsp3) is 0.700. The van der Waals surface area contributed by atoms with Crippen LogP contribution < -0.4 is 10.6 Å². The number of nitrogens with zero attached hydrogens (tertiary/aromatic N) is 3. The minimum atomic E-state index is 0.228. The van der Waals surface area contributed by atoms with Gasteiger partial charge in [-0.1, -0.05) is 6.92 Å². The molecule has 0 spiro atoms. The second kappa shape index (κ2) is 6.26. The van der Waals surface area contributed by atoms with Gasteiger partial charge in [0.15, 0.2) is 0 Å². The molecule has 1 aromatic heterocycles. The first kappa shape index (κ1) is 12.7. The number of aromatic nitrogens is 3. The molecule has 0 aromatic carbocycles. The van der Waals surface area contributed by atoms with E-state index in [1.807, 2.05) is 11.8 Å². The van der Waals surface area contributed by atoms with Crippen LogP contribution in [-0.2, 0) is 0 Å². The summed E-state index contributed by atoms with van der Waals surface area (Å²) in [4.78, 5) is 12.4. The maximum absolute atomic E-state index is 5.87. The van der Waals surface area contributed by atoms with Crippen molar-refractivity contribution in [1.29, 1.82) is 0 Å². The molecule has 0 aliphatic carbocycles. The molecule has 7 heteroatoms. The maximum Gasteiger partial charge on any atom is 0.229 e. The van der Waals surface area contributed by atoms with Gasteiger partial charge in [0.2, 0.25) is 17.2 Å². The lowest BCUT2D eigenvalue weighted by Gasteiger charge is -2.12. The van der Waals surface area contributed by atoms with Crippen LogP contribution in [0.25, 0.3) is 0 Å². The fourth-order valence-corrected chi connectivity index (χ4v) is 2.87. The molecule has 94 valence electrons. The second-order valence-electron chi connectivity index (χ2n) is 3.88. The zero-order chi connectivity index (χ0) is 12.1. The molecule has 1 aromatic rings. The summed E-state index contributed by atoms with van der Waals surface area (Å²) in [6.07, 6.45) is 2.16. The maximum atomic E-state index is 5.87. The van der Waals surface area contributed by atoms with Crippen molar-refractivity contribution in [3.8, 4) is 0 Å². The summed E-state index contributed by atoms with van der Waals surface area (Å²) in [7, 11) is 0. The van der Waals surface area contributed by atoms with E-state index in [0.29, 0.717) is 17.9 Å². The molecule has 1 saturated heterocycles. The highest BCUT2D eigenvalue weighted by Crippen LogP contribution is 2.20. The van der Waals surface area contributed by atoms with Crippen molar-refractivity contribution in [3.63, 3.8) is 0 Å². The van der Waals surface area contributed by atoms with Crippen LogP contribution in [0.4, 0.5) is 11.9 Å². The van der Waals surface area contributed by atoms with E-state index in [2.05, 4.69) is 32.5 Å². The highest BCUT2D eigenvalue weighted by atomic mass is 35.5. The predicted molar refractivity (Wildman–Crippen MR) is 73.0 cm³/mol. The number of hydrogen-bond acceptors (Lipinski definition) is 6. The summed E-state index contributed by atoms with van der Waals surface area (Å²) >= 11 is 7.81. The molecular weight excluding hydrogens is 258 g/mol. The number of thioether (sulfide) groups is 1. The van der Waals surface area contributed by atoms with Crippen LogP contribution in [0, 0.1) is 0 Å². The molecule has 1 unspecified atom stereocenters. The Labute approximate surface area is 110 Å². The average Bonchev–Trinajstić information content (AvgIpc) is 2.78. The Kier molecular flexibility index (Phi) is 4.67. The fourth-order valence-electron chi connectivity index (χ4n) is 1.56. The molecule has 2 heterocycles. The molecule has 1 fully saturated rings. The van der Waals surface area contributed by atoms with E-state index in [4.69, 9.17) is 11.6 Å². The van der Waals surface area contributed by atoms with Crippen molar-refractivity contribution < 1.29 is 0 Å². The van der Waals surface area contributed by atoms with Crippen molar-refractivity contribution in [2.45, 2.75) is 25.8 Å². The van der Waals surface area contributed by atoms with E-state index < -0.39 is 0 Å². The SMILES string of the molecule is CCCNc1nc(Cl)nc(NC2CCSC2)n1. The van der Waals surface area contributed by atoms with Gasteiger partial charge in [0.05, 0.1) is 0 Å². The standard InChI is InChI=1S/C10H16ClN5S/c1-2-4-12-9-14-8(11)15-10(16-9)13-7-3-5-17-6-7/h7H,2-6H2,1H3,(H2,12,13,14,15,16). The first-order chi connectivity index (χ1) is 8.28. The lowest BCUT2D eigenvalue weighted by atomic mass is 10.3. The van der Waals surface area contributed by atoms with Crippen LogP contribution in [0.5, 0.6) is 0 Å². The Morgan fingerprint density at radius 3 is 2.88 bits per heavy atom. The molecule has 0 saturated carbocycles. The molecule has 1 aliphatic rings. The van der Waals surface area contributed by atoms with E-state index >= 15 is 0 Å². The van der Waals surface area contributed by atoms with Crippen LogP contribution >= 0.6 is 23.4 Å². The Bertz CT molecular complexity index is 370. The third kappa shape index (κ3) is 3.89. The Morgan fingerprint density at radius 2 is 2.18 bits per heavy atom. The molecule has 0 amide bonds. The quantitative estimate of drug-likeness (QED) is 0.858. The summed E-state index contributed by atoms with van der Waals surface area (Å²) in [5, 5.41) is 6.63. The monoisotopic (exact) mass is 273 g/mol. The first-order valence-electron chi connectivity index (χ1n) is 5.77. The first-order valence-corrected chi connectivity index (χ1v) is 7.31. The average molecular weight is 274 g/mol. The zero-order valence-electron chi connectivity index (χ0n) is 9.74. The Hall–Kier alpha value is -0.750. The van der Waals surface area contributed by atoms with E-state index in [9.17, 15) is 0 Å². The molecular formula is C10H16ClN5S. The van der Waals surface area contributed by atoms with Crippen molar-refractivity contribution in [3.05, 3.63) is 5.28 Å². The number of anilines is 2. The molecule has 2 rings (SSSR count). The van der Waals surface area contributed by atoms with Crippen molar-refractivity contribution in [2.24, 2.45) is 0 Å². The molecule has 17 heavy (non-hydrogen) atoms. The van der Waals surface area contributed by atoms with Crippen LogP contribution in [0.3, 0.4) is 0 Å². The van der Waals surface area contributed by atoms with Crippen molar-refractivity contribution in [2.75, 3.05) is 28.7 Å². The normalized spacial score (nSPS) is 19.3. The summed E-state index contributed by atoms with van der Waals surface area (Å²) in [6.45, 7) is 2.92. The smallest absolute Gasteiger partial charge is 0.229 e. The van der Waals surface area contributed by atoms with E-state index in [1.165, 1.54) is 5.75 Å². The van der Waals surface area contributed by atoms with Crippen molar-refractivity contribution in [1.82, 2.24) is 15.0 Å². The van der Waals surface area contributed by atoms with Crippen LogP contribution in [-0.4, -0.2) is 39.0 Å². The van der Waals surface area contributed by atoms with E-state index in [-0.39, 0.29) is 5.28 Å². The molecule has 1 atom stereocenters. The number of hydrogen-bond donors (Lipinski definition) is 2. The molecule has 0 radical (unpaired) electrons. The highest BCUT2D eigenvalue weighted by Gasteiger charge is 2.16. The van der Waals surface area contributed by atoms with Crippen molar-refractivity contribution >= 4 is 35.3 Å². The summed E-state index contributed by atoms with van der Waals surface area (Å²) in [6, 6.07) is 0.442. The molecule has 2 N–H and O–H groups in total. The zero-order valence-corrected chi connectivity index (χ0v) is 11.3. The van der Waals surface area contributed by atoms with Gasteiger partial charge in [0, 0.05) is 18.3 Å². The second-order valence-corrected chi connectivity index (χ2v) is 5.37. The number of halogens is 1. The van der Waals surface area contributed by atoms with Crippen LogP contribution in [0.15, 0.2) is 0 Å². The minimum Gasteiger partial charge on any atom is -0.354 e. The van der Waals surface area contributed by atoms with Gasteiger partial charge < -0.3 is 10.6 Å². The van der Waals surface area contributed by atoms with Gasteiger partial charge in [0.1, 0.15) is 0 Å². The van der Waals surface area contributed by atoms with Gasteiger partial charge in [-0.15, -0.1) is 0 Å². The van der Waals surface area contributed by atoms with Crippen LogP contribution in [0.2, 0.25) is 5.28 Å². The van der Waals surface area contributed by atoms with Gasteiger partial charge in [-0.25, -0.2) is 0 Å². The van der Waals surface area contributed by atoms with Crippen LogP contribution in [0.1, 0.15) is 19.8 Å². The molecule has 5 nitrogen and oxygen atoms in total. The lowest BCUT2D eigenvalue weighted by Crippen LogP contribution is -2.20. The highest BCUT2D eigenvalue weighted by molar-refractivity contribution is 7.99. The molecule has 1 aliphatic heterocycles. The lowest BCUT2D eigenvalue weighted by molar-refractivity contribution is 0.794. The number of nitrogens with one attached hydrogen (secondary N) is 2. The third-order valence-corrected chi connectivity index (χ3v) is 3.74. The molecule has 0 bridgehead atoms. The largest absolute Gasteiger partial charge is 0.354 e. The third-order valence-electron chi connectivity index (χ3n) is 2.40. The van der Waals surface area contributed by atoms with Gasteiger partial charge in [-0.2, -0.15) is 26.7 Å². The Morgan fingerprint density at radius 1 is 1.35 bits per heavy atom. The number of rotatable bonds is 5. The van der Waals surface area contributed by atoms with E-state index in [0.717, 1.165) is 25.1 Å². The van der Waals surface area contributed by atoms with E-state index in [1.54, 1.807) is 0 Å².